The van der Waals surface area contributed by atoms with Crippen LogP contribution in [0.4, 0.5) is 4.79 Å². The van der Waals surface area contributed by atoms with E-state index in [9.17, 15) is 9.90 Å². The quantitative estimate of drug-likeness (QED) is 0.302. The van der Waals surface area contributed by atoms with Gasteiger partial charge >= 0.3 is 0 Å². The van der Waals surface area contributed by atoms with Gasteiger partial charge in [-0.25, -0.2) is 0 Å². The van der Waals surface area contributed by atoms with E-state index in [1.54, 1.807) is 0 Å². The van der Waals surface area contributed by atoms with Crippen molar-refractivity contribution in [3.63, 3.8) is 0 Å². The van der Waals surface area contributed by atoms with Crippen molar-refractivity contribution in [2.24, 2.45) is 5.41 Å². The zero-order valence-corrected chi connectivity index (χ0v) is 16.1. The van der Waals surface area contributed by atoms with Gasteiger partial charge in [0.1, 0.15) is 0 Å². The van der Waals surface area contributed by atoms with Crippen LogP contribution >= 0.6 is 0 Å². The van der Waals surface area contributed by atoms with Gasteiger partial charge in [-0.05, 0) is 37.5 Å². The van der Waals surface area contributed by atoms with Crippen molar-refractivity contribution >= 4 is 6.16 Å². The van der Waals surface area contributed by atoms with Gasteiger partial charge in [-0.2, -0.15) is 0 Å². The molecule has 4 nitrogen and oxygen atoms in total. The second-order valence-corrected chi connectivity index (χ2v) is 6.72. The van der Waals surface area contributed by atoms with Crippen molar-refractivity contribution in [2.75, 3.05) is 6.61 Å². The Morgan fingerprint density at radius 1 is 0.783 bits per heavy atom. The molecule has 0 fully saturated rings. The molecule has 0 saturated carbocycles. The first-order chi connectivity index (χ1) is 10.6. The van der Waals surface area contributed by atoms with Gasteiger partial charge in [-0.1, -0.05) is 72.1 Å². The standard InChI is InChI=1S/C19H38O3.H3N/c1-4-7-13-19(14-8-5-2,15-9-6-3)16-11-10-12-17-22-18(20)21;/h4-17H2,1-3H3,(H,20,21);1H3. The molecule has 4 N–H and O–H groups in total. The van der Waals surface area contributed by atoms with Crippen LogP contribution in [0.15, 0.2) is 0 Å². The third kappa shape index (κ3) is 13.4. The molecule has 140 valence electrons. The average Bonchev–Trinajstić information content (AvgIpc) is 2.51. The van der Waals surface area contributed by atoms with Crippen LogP contribution in [-0.4, -0.2) is 12.8 Å². The minimum Gasteiger partial charge on any atom is -0.550 e. The number of quaternary nitrogens is 1. The predicted octanol–water partition coefficient (Wildman–Crippen LogP) is 5.84. The van der Waals surface area contributed by atoms with Gasteiger partial charge in [0.25, 0.3) is 6.16 Å². The number of carbonyl (C=O) groups excluding carboxylic acids is 1. The summed E-state index contributed by atoms with van der Waals surface area (Å²) in [7, 11) is 0. The molecule has 0 radical (unpaired) electrons. The lowest BCUT2D eigenvalue weighted by atomic mass is 9.71. The third-order valence-electron chi connectivity index (χ3n) is 4.75. The number of hydrogen-bond acceptors (Lipinski definition) is 3. The minimum atomic E-state index is -1.40. The highest BCUT2D eigenvalue weighted by Gasteiger charge is 2.27. The molecule has 0 aromatic rings. The molecule has 0 bridgehead atoms. The summed E-state index contributed by atoms with van der Waals surface area (Å²) in [6.45, 7) is 7.12. The van der Waals surface area contributed by atoms with Gasteiger partial charge in [-0.15, -0.1) is 0 Å². The number of rotatable bonds is 15. The van der Waals surface area contributed by atoms with Gasteiger partial charge < -0.3 is 20.8 Å². The largest absolute Gasteiger partial charge is 0.550 e. The van der Waals surface area contributed by atoms with E-state index in [1.165, 1.54) is 70.6 Å². The second-order valence-electron chi connectivity index (χ2n) is 6.72. The lowest BCUT2D eigenvalue weighted by Gasteiger charge is -2.35. The van der Waals surface area contributed by atoms with Crippen LogP contribution in [0, 0.1) is 5.41 Å². The first-order valence-electron chi connectivity index (χ1n) is 9.44. The highest BCUT2D eigenvalue weighted by Crippen LogP contribution is 2.41. The van der Waals surface area contributed by atoms with Crippen LogP contribution in [0.5, 0.6) is 0 Å². The molecule has 23 heavy (non-hydrogen) atoms. The second kappa shape index (κ2) is 16.1. The van der Waals surface area contributed by atoms with Gasteiger partial charge in [0.2, 0.25) is 0 Å². The summed E-state index contributed by atoms with van der Waals surface area (Å²) >= 11 is 0. The summed E-state index contributed by atoms with van der Waals surface area (Å²) in [5.41, 5.74) is 0.525. The maximum Gasteiger partial charge on any atom is 0.251 e. The molecule has 0 aliphatic carbocycles. The zero-order valence-electron chi connectivity index (χ0n) is 16.1. The van der Waals surface area contributed by atoms with Crippen molar-refractivity contribution in [1.29, 1.82) is 0 Å². The third-order valence-corrected chi connectivity index (χ3v) is 4.75. The predicted molar refractivity (Wildman–Crippen MR) is 96.8 cm³/mol. The van der Waals surface area contributed by atoms with Crippen molar-refractivity contribution in [2.45, 2.75) is 104 Å². The smallest absolute Gasteiger partial charge is 0.251 e. The normalized spacial score (nSPS) is 11.1. The molecule has 0 saturated heterocycles. The summed E-state index contributed by atoms with van der Waals surface area (Å²) in [6, 6.07) is 0. The van der Waals surface area contributed by atoms with E-state index < -0.39 is 6.16 Å². The monoisotopic (exact) mass is 331 g/mol. The molecule has 4 heteroatoms. The van der Waals surface area contributed by atoms with E-state index in [4.69, 9.17) is 0 Å². The molecule has 0 amide bonds. The van der Waals surface area contributed by atoms with Crippen LogP contribution in [0.1, 0.15) is 104 Å². The van der Waals surface area contributed by atoms with E-state index in [1.807, 2.05) is 0 Å². The zero-order chi connectivity index (χ0) is 16.7. The van der Waals surface area contributed by atoms with Gasteiger partial charge in [0.05, 0.1) is 0 Å². The lowest BCUT2D eigenvalue weighted by Crippen LogP contribution is -2.24. The molecule has 0 heterocycles. The molecule has 0 spiro atoms. The fraction of sp³-hybridized carbons (Fsp3) is 0.947. The topological polar surface area (TPSA) is 85.9 Å². The van der Waals surface area contributed by atoms with Crippen LogP contribution < -0.4 is 11.3 Å². The molecule has 0 aliphatic heterocycles. The Bertz CT molecular complexity index is 248. The Kier molecular flexibility index (Phi) is 17.1. The molecule has 0 atom stereocenters. The first-order valence-corrected chi connectivity index (χ1v) is 9.44. The number of carbonyl (C=O) groups is 1. The number of unbranched alkanes of at least 4 members (excludes halogenated alkanes) is 5. The van der Waals surface area contributed by atoms with Crippen LogP contribution in [0.25, 0.3) is 0 Å². The molecule has 0 aromatic heterocycles. The molecular formula is C19H41NO3. The molecular weight excluding hydrogens is 290 g/mol. The van der Waals surface area contributed by atoms with Crippen molar-refractivity contribution in [3.05, 3.63) is 0 Å². The highest BCUT2D eigenvalue weighted by molar-refractivity contribution is 5.53. The number of carboxylic acid groups (broad SMARTS) is 1. The van der Waals surface area contributed by atoms with Gasteiger partial charge in [0.15, 0.2) is 0 Å². The van der Waals surface area contributed by atoms with E-state index in [0.29, 0.717) is 5.41 Å². The van der Waals surface area contributed by atoms with Gasteiger partial charge in [0, 0.05) is 6.61 Å². The van der Waals surface area contributed by atoms with Crippen LogP contribution in [0.3, 0.4) is 0 Å². The maximum atomic E-state index is 10.2. The van der Waals surface area contributed by atoms with Crippen LogP contribution in [0.2, 0.25) is 0 Å². The Labute approximate surface area is 144 Å². The highest BCUT2D eigenvalue weighted by atomic mass is 16.7. The molecule has 0 aliphatic rings. The van der Waals surface area contributed by atoms with Crippen LogP contribution in [-0.2, 0) is 4.74 Å². The van der Waals surface area contributed by atoms with E-state index in [2.05, 4.69) is 25.5 Å². The average molecular weight is 332 g/mol. The molecule has 0 rings (SSSR count). The van der Waals surface area contributed by atoms with Crippen molar-refractivity contribution in [1.82, 2.24) is 6.15 Å². The van der Waals surface area contributed by atoms with E-state index >= 15 is 0 Å². The van der Waals surface area contributed by atoms with E-state index in [0.717, 1.165) is 12.8 Å². The fourth-order valence-corrected chi connectivity index (χ4v) is 3.34. The Balaban J connectivity index is 0. The molecule has 0 aromatic carbocycles. The van der Waals surface area contributed by atoms with Gasteiger partial charge in [-0.3, -0.25) is 0 Å². The Morgan fingerprint density at radius 3 is 1.61 bits per heavy atom. The Hall–Kier alpha value is -0.770. The van der Waals surface area contributed by atoms with E-state index in [-0.39, 0.29) is 12.8 Å². The summed E-state index contributed by atoms with van der Waals surface area (Å²) in [5, 5.41) is 10.2. The van der Waals surface area contributed by atoms with Crippen molar-refractivity contribution < 1.29 is 14.6 Å². The minimum absolute atomic E-state index is 0. The lowest BCUT2D eigenvalue weighted by molar-refractivity contribution is -0.282. The van der Waals surface area contributed by atoms with Crippen molar-refractivity contribution in [3.8, 4) is 0 Å². The first kappa shape index (κ1) is 24.5. The molecule has 0 unspecified atom stereocenters. The summed E-state index contributed by atoms with van der Waals surface area (Å²) in [5.74, 6) is 0. The fourth-order valence-electron chi connectivity index (χ4n) is 3.34. The maximum absolute atomic E-state index is 10.2. The summed E-state index contributed by atoms with van der Waals surface area (Å²) in [6.07, 6.45) is 14.9. The number of hydrogen-bond donors (Lipinski definition) is 1. The Morgan fingerprint density at radius 2 is 1.22 bits per heavy atom. The SMILES string of the molecule is CCCCC(CCCC)(CCCC)CCCCCOC(=O)[O-].[NH4+]. The summed E-state index contributed by atoms with van der Waals surface area (Å²) < 4.78 is 4.47. The number of ether oxygens (including phenoxy) is 1. The summed E-state index contributed by atoms with van der Waals surface area (Å²) in [4.78, 5) is 10.2.